The molecule has 1 N–H and O–H groups in total. The van der Waals surface area contributed by atoms with Crippen molar-refractivity contribution in [2.24, 2.45) is 0 Å². The van der Waals surface area contributed by atoms with Crippen molar-refractivity contribution in [3.63, 3.8) is 0 Å². The van der Waals surface area contributed by atoms with Gasteiger partial charge < -0.3 is 18.6 Å². The van der Waals surface area contributed by atoms with Crippen molar-refractivity contribution in [1.82, 2.24) is 14.8 Å². The van der Waals surface area contributed by atoms with Crippen molar-refractivity contribution in [3.05, 3.63) is 77.0 Å². The van der Waals surface area contributed by atoms with E-state index >= 15 is 0 Å². The van der Waals surface area contributed by atoms with Gasteiger partial charge in [-0.05, 0) is 80.2 Å². The van der Waals surface area contributed by atoms with Gasteiger partial charge in [-0.1, -0.05) is 0 Å². The zero-order chi connectivity index (χ0) is 24.5. The first-order chi connectivity index (χ1) is 16.9. The van der Waals surface area contributed by atoms with Gasteiger partial charge in [0, 0.05) is 35.9 Å². The van der Waals surface area contributed by atoms with Crippen LogP contribution in [0.1, 0.15) is 22.7 Å². The van der Waals surface area contributed by atoms with Gasteiger partial charge in [-0.3, -0.25) is 19.8 Å². The van der Waals surface area contributed by atoms with Crippen molar-refractivity contribution in [1.29, 1.82) is 0 Å². The van der Waals surface area contributed by atoms with E-state index in [1.165, 1.54) is 16.9 Å². The molecule has 5 rings (SSSR count). The standard InChI is InChI=1S/C26H26N4O4S/c1-17-14-19(15-23-24(31)27-26(35)29(25(23)32)16-22-4-3-11-34-22)18(2)30(17)21-7-5-20(6-8-21)28-9-12-33-13-10-28/h3-8,11,14-15H,9-10,12-13,16H2,1-2H3,(H,27,31,35)/b23-15-. The molecule has 0 atom stereocenters. The van der Waals surface area contributed by atoms with Crippen LogP contribution in [0.3, 0.4) is 0 Å². The third-order valence-corrected chi connectivity index (χ3v) is 6.66. The predicted octanol–water partition coefficient (Wildman–Crippen LogP) is 3.35. The molecular weight excluding hydrogens is 464 g/mol. The van der Waals surface area contributed by atoms with Crippen LogP contribution in [-0.2, 0) is 20.9 Å². The minimum atomic E-state index is -0.504. The van der Waals surface area contributed by atoms with E-state index in [2.05, 4.69) is 39.0 Å². The Bertz CT molecular complexity index is 1300. The van der Waals surface area contributed by atoms with Crippen molar-refractivity contribution in [2.45, 2.75) is 20.4 Å². The van der Waals surface area contributed by atoms with E-state index < -0.39 is 11.8 Å². The highest BCUT2D eigenvalue weighted by Crippen LogP contribution is 2.26. The van der Waals surface area contributed by atoms with Gasteiger partial charge in [-0.25, -0.2) is 0 Å². The number of nitrogens with one attached hydrogen (secondary N) is 1. The highest BCUT2D eigenvalue weighted by Gasteiger charge is 2.34. The number of nitrogens with zero attached hydrogens (tertiary/aromatic N) is 3. The maximum atomic E-state index is 13.2. The lowest BCUT2D eigenvalue weighted by Gasteiger charge is -2.29. The molecule has 0 unspecified atom stereocenters. The number of carbonyl (C=O) groups is 2. The monoisotopic (exact) mass is 490 g/mol. The Morgan fingerprint density at radius 2 is 1.77 bits per heavy atom. The fraction of sp³-hybridized carbons (Fsp3) is 0.269. The Morgan fingerprint density at radius 3 is 2.46 bits per heavy atom. The van der Waals surface area contributed by atoms with Gasteiger partial charge >= 0.3 is 0 Å². The van der Waals surface area contributed by atoms with Crippen molar-refractivity contribution in [2.75, 3.05) is 31.2 Å². The molecule has 0 saturated carbocycles. The first-order valence-corrected chi connectivity index (χ1v) is 11.9. The summed E-state index contributed by atoms with van der Waals surface area (Å²) in [6.07, 6.45) is 3.17. The number of aromatic nitrogens is 1. The van der Waals surface area contributed by atoms with Gasteiger partial charge in [0.2, 0.25) is 0 Å². The Labute approximate surface area is 208 Å². The van der Waals surface area contributed by atoms with Gasteiger partial charge in [-0.2, -0.15) is 0 Å². The van der Waals surface area contributed by atoms with Crippen LogP contribution < -0.4 is 10.2 Å². The van der Waals surface area contributed by atoms with Crippen LogP contribution in [-0.4, -0.2) is 52.7 Å². The summed E-state index contributed by atoms with van der Waals surface area (Å²) in [5.74, 6) is -0.375. The number of anilines is 1. The number of thiocarbonyl (C=S) groups is 1. The van der Waals surface area contributed by atoms with Crippen LogP contribution in [0, 0.1) is 13.8 Å². The third-order valence-electron chi connectivity index (χ3n) is 6.33. The van der Waals surface area contributed by atoms with E-state index in [4.69, 9.17) is 21.4 Å². The third kappa shape index (κ3) is 4.52. The first kappa shape index (κ1) is 23.1. The molecule has 2 saturated heterocycles. The van der Waals surface area contributed by atoms with Crippen LogP contribution >= 0.6 is 12.2 Å². The molecule has 0 radical (unpaired) electrons. The van der Waals surface area contributed by atoms with Gasteiger partial charge in [0.1, 0.15) is 11.3 Å². The number of aryl methyl sites for hydroxylation is 1. The topological polar surface area (TPSA) is 80.0 Å². The Balaban J connectivity index is 1.43. The molecular formula is C26H26N4O4S. The lowest BCUT2D eigenvalue weighted by atomic mass is 10.1. The zero-order valence-corrected chi connectivity index (χ0v) is 20.4. The van der Waals surface area contributed by atoms with Gasteiger partial charge in [0.15, 0.2) is 5.11 Å². The first-order valence-electron chi connectivity index (χ1n) is 11.5. The lowest BCUT2D eigenvalue weighted by molar-refractivity contribution is -0.129. The summed E-state index contributed by atoms with van der Waals surface area (Å²) in [6.45, 7) is 7.38. The van der Waals surface area contributed by atoms with Crippen LogP contribution in [0.25, 0.3) is 11.8 Å². The van der Waals surface area contributed by atoms with Gasteiger partial charge in [0.25, 0.3) is 11.8 Å². The molecule has 9 heteroatoms. The van der Waals surface area contributed by atoms with E-state index in [0.717, 1.165) is 48.9 Å². The second-order valence-corrected chi connectivity index (χ2v) is 8.95. The molecule has 2 fully saturated rings. The van der Waals surface area contributed by atoms with Crippen LogP contribution in [0.5, 0.6) is 0 Å². The predicted molar refractivity (Wildman–Crippen MR) is 136 cm³/mol. The van der Waals surface area contributed by atoms with E-state index in [9.17, 15) is 9.59 Å². The molecule has 0 bridgehead atoms. The lowest BCUT2D eigenvalue weighted by Crippen LogP contribution is -2.53. The second-order valence-electron chi connectivity index (χ2n) is 8.57. The number of furan rings is 1. The summed E-state index contributed by atoms with van der Waals surface area (Å²) in [5, 5.41) is 2.69. The fourth-order valence-corrected chi connectivity index (χ4v) is 4.76. The van der Waals surface area contributed by atoms with E-state index in [-0.39, 0.29) is 17.2 Å². The number of rotatable bonds is 5. The van der Waals surface area contributed by atoms with Gasteiger partial charge in [-0.15, -0.1) is 0 Å². The SMILES string of the molecule is Cc1cc(/C=C2/C(=O)NC(=S)N(Cc3ccco3)C2=O)c(C)n1-c1ccc(N2CCOCC2)cc1. The maximum Gasteiger partial charge on any atom is 0.266 e. The molecule has 2 aliphatic heterocycles. The molecule has 35 heavy (non-hydrogen) atoms. The van der Waals surface area contributed by atoms with Crippen molar-refractivity contribution in [3.8, 4) is 5.69 Å². The molecule has 2 aromatic heterocycles. The highest BCUT2D eigenvalue weighted by atomic mass is 32.1. The molecule has 180 valence electrons. The van der Waals surface area contributed by atoms with Crippen molar-refractivity contribution >= 4 is 40.9 Å². The molecule has 1 aromatic carbocycles. The maximum absolute atomic E-state index is 13.2. The van der Waals surface area contributed by atoms with E-state index in [0.29, 0.717) is 5.76 Å². The number of hydrogen-bond acceptors (Lipinski definition) is 6. The average Bonchev–Trinajstić information content (AvgIpc) is 3.47. The molecule has 4 heterocycles. The van der Waals surface area contributed by atoms with E-state index in [1.807, 2.05) is 19.9 Å². The van der Waals surface area contributed by atoms with Crippen molar-refractivity contribution < 1.29 is 18.7 Å². The summed E-state index contributed by atoms with van der Waals surface area (Å²) in [5.41, 5.74) is 4.94. The zero-order valence-electron chi connectivity index (χ0n) is 19.6. The Kier molecular flexibility index (Phi) is 6.27. The van der Waals surface area contributed by atoms with Crippen LogP contribution in [0.15, 0.2) is 58.7 Å². The number of ether oxygens (including phenoxy) is 1. The number of morpholine rings is 1. The summed E-state index contributed by atoms with van der Waals surface area (Å²) in [7, 11) is 0. The Hall–Kier alpha value is -3.69. The summed E-state index contributed by atoms with van der Waals surface area (Å²) >= 11 is 5.23. The molecule has 3 aromatic rings. The highest BCUT2D eigenvalue weighted by molar-refractivity contribution is 7.80. The second kappa shape index (κ2) is 9.52. The quantitative estimate of drug-likeness (QED) is 0.336. The Morgan fingerprint density at radius 1 is 1.06 bits per heavy atom. The smallest absolute Gasteiger partial charge is 0.266 e. The molecule has 0 spiro atoms. The summed E-state index contributed by atoms with van der Waals surface area (Å²) in [6, 6.07) is 13.9. The van der Waals surface area contributed by atoms with E-state index in [1.54, 1.807) is 18.2 Å². The molecule has 0 aliphatic carbocycles. The van der Waals surface area contributed by atoms with Gasteiger partial charge in [0.05, 0.1) is 26.0 Å². The number of carbonyl (C=O) groups excluding carboxylic acids is 2. The molecule has 2 aliphatic rings. The number of hydrogen-bond donors (Lipinski definition) is 1. The fourth-order valence-electron chi connectivity index (χ4n) is 4.52. The summed E-state index contributed by atoms with van der Waals surface area (Å²) < 4.78 is 12.9. The molecule has 2 amide bonds. The minimum Gasteiger partial charge on any atom is -0.467 e. The molecule has 8 nitrogen and oxygen atoms in total. The number of benzene rings is 1. The van der Waals surface area contributed by atoms with Crippen LogP contribution in [0.2, 0.25) is 0 Å². The largest absolute Gasteiger partial charge is 0.467 e. The normalized spacial score (nSPS) is 17.9. The average molecular weight is 491 g/mol. The summed E-state index contributed by atoms with van der Waals surface area (Å²) in [4.78, 5) is 29.5. The number of amides is 2. The van der Waals surface area contributed by atoms with Crippen LogP contribution in [0.4, 0.5) is 5.69 Å². The minimum absolute atomic E-state index is 0.0353.